The molecule has 3 nitrogen and oxygen atoms in total. The first-order valence-corrected chi connectivity index (χ1v) is 3.86. The number of hydrogen-bond donors (Lipinski definition) is 3. The van der Waals surface area contributed by atoms with Crippen LogP contribution in [0.2, 0.25) is 0 Å². The van der Waals surface area contributed by atoms with E-state index in [1.165, 1.54) is 0 Å². The Kier molecular flexibility index (Phi) is 20.0. The summed E-state index contributed by atoms with van der Waals surface area (Å²) in [7, 11) is 1.00. The van der Waals surface area contributed by atoms with E-state index in [0.29, 0.717) is 0 Å². The SMILES string of the molecule is C1CNCCN1.CC.CO. The maximum absolute atomic E-state index is 7.00. The van der Waals surface area contributed by atoms with Gasteiger partial charge in [0, 0.05) is 33.3 Å². The van der Waals surface area contributed by atoms with Gasteiger partial charge < -0.3 is 15.7 Å². The molecule has 0 radical (unpaired) electrons. The molecule has 1 rings (SSSR count). The van der Waals surface area contributed by atoms with Crippen LogP contribution in [0.5, 0.6) is 0 Å². The molecule has 0 saturated carbocycles. The van der Waals surface area contributed by atoms with Crippen molar-refractivity contribution in [3.8, 4) is 0 Å². The molecule has 0 aromatic heterocycles. The van der Waals surface area contributed by atoms with Crippen molar-refractivity contribution in [1.29, 1.82) is 0 Å². The first-order chi connectivity index (χ1) is 5.00. The number of hydrogen-bond acceptors (Lipinski definition) is 3. The van der Waals surface area contributed by atoms with Gasteiger partial charge >= 0.3 is 0 Å². The average Bonchev–Trinajstić information content (AvgIpc) is 2.14. The molecule has 10 heavy (non-hydrogen) atoms. The Hall–Kier alpha value is -0.120. The Labute approximate surface area is 63.8 Å². The molecule has 3 N–H and O–H groups in total. The molecule has 1 aliphatic heterocycles. The molecule has 0 unspecified atom stereocenters. The molecule has 1 aliphatic rings. The maximum Gasteiger partial charge on any atom is 0.0319 e. The Balaban J connectivity index is 0. The highest BCUT2D eigenvalue weighted by Crippen LogP contribution is 1.65. The number of piperazine rings is 1. The van der Waals surface area contributed by atoms with E-state index in [1.807, 2.05) is 13.8 Å². The third-order valence-corrected chi connectivity index (χ3v) is 0.957. The van der Waals surface area contributed by atoms with Crippen LogP contribution in [0.1, 0.15) is 13.8 Å². The molecule has 0 spiro atoms. The Morgan fingerprint density at radius 2 is 1.00 bits per heavy atom. The zero-order chi connectivity index (χ0) is 8.24. The Morgan fingerprint density at radius 1 is 0.800 bits per heavy atom. The van der Waals surface area contributed by atoms with Gasteiger partial charge in [0.25, 0.3) is 0 Å². The zero-order valence-corrected chi connectivity index (χ0v) is 7.28. The van der Waals surface area contributed by atoms with Gasteiger partial charge in [-0.15, -0.1) is 0 Å². The standard InChI is InChI=1S/C4H10N2.C2H6.CH4O/c1-2-6-4-3-5-1;2*1-2/h5-6H,1-4H2;1-2H3;2H,1H3. The lowest BCUT2D eigenvalue weighted by Crippen LogP contribution is -2.39. The van der Waals surface area contributed by atoms with E-state index < -0.39 is 0 Å². The fourth-order valence-electron chi connectivity index (χ4n) is 0.604. The van der Waals surface area contributed by atoms with Gasteiger partial charge in [-0.3, -0.25) is 0 Å². The first-order valence-electron chi connectivity index (χ1n) is 3.86. The molecule has 0 bridgehead atoms. The van der Waals surface area contributed by atoms with Gasteiger partial charge in [0.05, 0.1) is 0 Å². The van der Waals surface area contributed by atoms with E-state index in [-0.39, 0.29) is 0 Å². The summed E-state index contributed by atoms with van der Waals surface area (Å²) in [5, 5.41) is 13.4. The summed E-state index contributed by atoms with van der Waals surface area (Å²) in [6, 6.07) is 0. The fourth-order valence-corrected chi connectivity index (χ4v) is 0.604. The van der Waals surface area contributed by atoms with Crippen LogP contribution in [0, 0.1) is 0 Å². The molecule has 0 amide bonds. The van der Waals surface area contributed by atoms with E-state index in [1.54, 1.807) is 0 Å². The van der Waals surface area contributed by atoms with E-state index in [0.717, 1.165) is 33.3 Å². The maximum atomic E-state index is 7.00. The highest BCUT2D eigenvalue weighted by molar-refractivity contribution is 4.59. The molecule has 0 aliphatic carbocycles. The Morgan fingerprint density at radius 3 is 1.10 bits per heavy atom. The van der Waals surface area contributed by atoms with Crippen molar-refractivity contribution in [2.24, 2.45) is 0 Å². The summed E-state index contributed by atoms with van der Waals surface area (Å²) >= 11 is 0. The minimum absolute atomic E-state index is 1.00. The zero-order valence-electron chi connectivity index (χ0n) is 7.28. The van der Waals surface area contributed by atoms with Crippen molar-refractivity contribution in [1.82, 2.24) is 10.6 Å². The molecular formula is C7H20N2O. The van der Waals surface area contributed by atoms with Crippen molar-refractivity contribution in [3.63, 3.8) is 0 Å². The molecule has 3 heteroatoms. The topological polar surface area (TPSA) is 44.3 Å². The van der Waals surface area contributed by atoms with Crippen LogP contribution in [0.4, 0.5) is 0 Å². The fraction of sp³-hybridized carbons (Fsp3) is 1.00. The quantitative estimate of drug-likeness (QED) is 0.446. The predicted octanol–water partition coefficient (Wildman–Crippen LogP) is -0.186. The smallest absolute Gasteiger partial charge is 0.0319 e. The van der Waals surface area contributed by atoms with Gasteiger partial charge in [-0.25, -0.2) is 0 Å². The summed E-state index contributed by atoms with van der Waals surface area (Å²) in [5.41, 5.74) is 0. The summed E-state index contributed by atoms with van der Waals surface area (Å²) in [6.45, 7) is 8.56. The summed E-state index contributed by atoms with van der Waals surface area (Å²) < 4.78 is 0. The second-order valence-electron chi connectivity index (χ2n) is 1.50. The van der Waals surface area contributed by atoms with Crippen LogP contribution in [0.25, 0.3) is 0 Å². The van der Waals surface area contributed by atoms with Crippen LogP contribution in [0.3, 0.4) is 0 Å². The van der Waals surface area contributed by atoms with E-state index in [9.17, 15) is 0 Å². The summed E-state index contributed by atoms with van der Waals surface area (Å²) in [5.74, 6) is 0. The average molecular weight is 148 g/mol. The molecule has 1 saturated heterocycles. The molecule has 1 fully saturated rings. The van der Waals surface area contributed by atoms with Crippen molar-refractivity contribution in [2.75, 3.05) is 33.3 Å². The first kappa shape index (κ1) is 12.5. The molecule has 0 aromatic rings. The number of aliphatic hydroxyl groups excluding tert-OH is 1. The van der Waals surface area contributed by atoms with E-state index >= 15 is 0 Å². The largest absolute Gasteiger partial charge is 0.400 e. The second kappa shape index (κ2) is 15.9. The van der Waals surface area contributed by atoms with Crippen molar-refractivity contribution in [3.05, 3.63) is 0 Å². The van der Waals surface area contributed by atoms with Crippen LogP contribution in [-0.2, 0) is 0 Å². The third-order valence-electron chi connectivity index (χ3n) is 0.957. The van der Waals surface area contributed by atoms with Gasteiger partial charge in [0.1, 0.15) is 0 Å². The molecule has 0 atom stereocenters. The van der Waals surface area contributed by atoms with E-state index in [4.69, 9.17) is 5.11 Å². The van der Waals surface area contributed by atoms with Crippen molar-refractivity contribution < 1.29 is 5.11 Å². The monoisotopic (exact) mass is 148 g/mol. The summed E-state index contributed by atoms with van der Waals surface area (Å²) in [6.07, 6.45) is 0. The van der Waals surface area contributed by atoms with Crippen molar-refractivity contribution in [2.45, 2.75) is 13.8 Å². The lowest BCUT2D eigenvalue weighted by Gasteiger charge is -2.11. The van der Waals surface area contributed by atoms with Crippen molar-refractivity contribution >= 4 is 0 Å². The number of nitrogens with one attached hydrogen (secondary N) is 2. The van der Waals surface area contributed by atoms with E-state index in [2.05, 4.69) is 10.6 Å². The van der Waals surface area contributed by atoms with Crippen LogP contribution in [-0.4, -0.2) is 38.4 Å². The highest BCUT2D eigenvalue weighted by atomic mass is 16.2. The third kappa shape index (κ3) is 10.8. The van der Waals surface area contributed by atoms with Crippen LogP contribution in [0.15, 0.2) is 0 Å². The number of aliphatic hydroxyl groups is 1. The lowest BCUT2D eigenvalue weighted by atomic mass is 10.4. The normalized spacial score (nSPS) is 15.6. The number of rotatable bonds is 0. The molecule has 64 valence electrons. The minimum Gasteiger partial charge on any atom is -0.400 e. The van der Waals surface area contributed by atoms with Gasteiger partial charge in [-0.2, -0.15) is 0 Å². The predicted molar refractivity (Wildman–Crippen MR) is 45.2 cm³/mol. The van der Waals surface area contributed by atoms with Gasteiger partial charge in [0.15, 0.2) is 0 Å². The van der Waals surface area contributed by atoms with Gasteiger partial charge in [-0.05, 0) is 0 Å². The Bertz CT molecular complexity index is 27.1. The second-order valence-corrected chi connectivity index (χ2v) is 1.50. The molecular weight excluding hydrogens is 128 g/mol. The molecule has 0 aromatic carbocycles. The van der Waals surface area contributed by atoms with Crippen LogP contribution < -0.4 is 10.6 Å². The van der Waals surface area contributed by atoms with Gasteiger partial charge in [-0.1, -0.05) is 13.8 Å². The minimum atomic E-state index is 1.00. The lowest BCUT2D eigenvalue weighted by molar-refractivity contribution is 0.399. The highest BCUT2D eigenvalue weighted by Gasteiger charge is 1.91. The molecule has 1 heterocycles. The van der Waals surface area contributed by atoms with Crippen LogP contribution >= 0.6 is 0 Å². The summed E-state index contributed by atoms with van der Waals surface area (Å²) in [4.78, 5) is 0. The van der Waals surface area contributed by atoms with Gasteiger partial charge in [0.2, 0.25) is 0 Å².